The van der Waals surface area contributed by atoms with Crippen LogP contribution in [0, 0.1) is 0 Å². The van der Waals surface area contributed by atoms with Crippen LogP contribution in [0.15, 0.2) is 27.8 Å². The summed E-state index contributed by atoms with van der Waals surface area (Å²) in [5, 5.41) is 18.8. The van der Waals surface area contributed by atoms with Crippen LogP contribution in [0.25, 0.3) is 22.6 Å². The fraction of sp³-hybridized carbons (Fsp3) is 0. The van der Waals surface area contributed by atoms with Gasteiger partial charge in [0.05, 0.1) is 0 Å². The summed E-state index contributed by atoms with van der Waals surface area (Å²) in [6.45, 7) is 0. The molecule has 3 rings (SSSR count). The Kier molecular flexibility index (Phi) is 2.18. The van der Waals surface area contributed by atoms with Gasteiger partial charge in [-0.2, -0.15) is 0 Å². The summed E-state index contributed by atoms with van der Waals surface area (Å²) >= 11 is 0. The third kappa shape index (κ3) is 1.84. The van der Waals surface area contributed by atoms with Crippen LogP contribution >= 0.6 is 0 Å². The van der Waals surface area contributed by atoms with Gasteiger partial charge in [0.1, 0.15) is 22.8 Å². The standard InChI is InChI=1S/C11H8N4O4/c16-5-1-4(2-6(17)3-5)8-12-7-9(13-8)14-11(19)15-10(7)18/h1-3,16-17H,(H3,12,13,14,15,18,19). The molecular formula is C11H8N4O4. The van der Waals surface area contributed by atoms with E-state index in [1.807, 2.05) is 0 Å². The molecule has 0 aliphatic heterocycles. The maximum absolute atomic E-state index is 11.5. The second-order valence-corrected chi connectivity index (χ2v) is 3.96. The van der Waals surface area contributed by atoms with Gasteiger partial charge in [0, 0.05) is 11.6 Å². The van der Waals surface area contributed by atoms with Crippen molar-refractivity contribution in [2.75, 3.05) is 0 Å². The fourth-order valence-electron chi connectivity index (χ4n) is 1.80. The molecule has 5 N–H and O–H groups in total. The molecule has 0 aliphatic rings. The van der Waals surface area contributed by atoms with Gasteiger partial charge >= 0.3 is 5.69 Å². The molecule has 0 amide bonds. The molecule has 0 radical (unpaired) electrons. The molecule has 0 unspecified atom stereocenters. The molecule has 0 saturated heterocycles. The lowest BCUT2D eigenvalue weighted by atomic mass is 10.2. The largest absolute Gasteiger partial charge is 0.508 e. The molecular weight excluding hydrogens is 252 g/mol. The molecule has 0 atom stereocenters. The Balaban J connectivity index is 2.29. The highest BCUT2D eigenvalue weighted by atomic mass is 16.3. The minimum absolute atomic E-state index is 0.103. The number of benzene rings is 1. The topological polar surface area (TPSA) is 135 Å². The predicted octanol–water partition coefficient (Wildman–Crippen LogP) is 0.0177. The predicted molar refractivity (Wildman–Crippen MR) is 66.1 cm³/mol. The fourth-order valence-corrected chi connectivity index (χ4v) is 1.80. The minimum atomic E-state index is -0.658. The maximum Gasteiger partial charge on any atom is 0.327 e. The minimum Gasteiger partial charge on any atom is -0.508 e. The van der Waals surface area contributed by atoms with Crippen LogP contribution in [0.5, 0.6) is 11.5 Å². The summed E-state index contributed by atoms with van der Waals surface area (Å²) in [5.74, 6) is -0.0377. The summed E-state index contributed by atoms with van der Waals surface area (Å²) in [6, 6.07) is 3.90. The molecule has 1 aromatic carbocycles. The van der Waals surface area contributed by atoms with Crippen molar-refractivity contribution in [3.63, 3.8) is 0 Å². The highest BCUT2D eigenvalue weighted by molar-refractivity contribution is 5.75. The number of fused-ring (bicyclic) bond motifs is 1. The summed E-state index contributed by atoms with van der Waals surface area (Å²) in [6.07, 6.45) is 0. The Hall–Kier alpha value is -3.03. The van der Waals surface area contributed by atoms with E-state index in [2.05, 4.69) is 19.9 Å². The van der Waals surface area contributed by atoms with Crippen LogP contribution in [0.3, 0.4) is 0 Å². The summed E-state index contributed by atoms with van der Waals surface area (Å²) < 4.78 is 0. The number of nitrogens with one attached hydrogen (secondary N) is 3. The molecule has 8 nitrogen and oxygen atoms in total. The molecule has 96 valence electrons. The first-order chi connectivity index (χ1) is 9.02. The van der Waals surface area contributed by atoms with Crippen molar-refractivity contribution in [3.05, 3.63) is 39.0 Å². The van der Waals surface area contributed by atoms with Gasteiger partial charge in [-0.15, -0.1) is 0 Å². The molecule has 2 heterocycles. The van der Waals surface area contributed by atoms with E-state index in [9.17, 15) is 19.8 Å². The number of imidazole rings is 1. The SMILES string of the molecule is O=c1[nH]c(=O)c2[nH]c(-c3cc(O)cc(O)c3)nc2[nH]1. The number of rotatable bonds is 1. The third-order valence-electron chi connectivity index (χ3n) is 2.57. The summed E-state index contributed by atoms with van der Waals surface area (Å²) in [7, 11) is 0. The zero-order valence-corrected chi connectivity index (χ0v) is 9.39. The van der Waals surface area contributed by atoms with Gasteiger partial charge in [-0.1, -0.05) is 0 Å². The van der Waals surface area contributed by atoms with Gasteiger partial charge in [-0.05, 0) is 12.1 Å². The number of aromatic nitrogens is 4. The van der Waals surface area contributed by atoms with Crippen molar-refractivity contribution in [2.45, 2.75) is 0 Å². The summed E-state index contributed by atoms with van der Waals surface area (Å²) in [5.41, 5.74) is -0.658. The number of aromatic amines is 3. The van der Waals surface area contributed by atoms with Crippen LogP contribution in [-0.2, 0) is 0 Å². The first-order valence-electron chi connectivity index (χ1n) is 5.28. The Morgan fingerprint density at radius 1 is 0.947 bits per heavy atom. The second kappa shape index (κ2) is 3.73. The van der Waals surface area contributed by atoms with Gasteiger partial charge in [-0.25, -0.2) is 9.78 Å². The van der Waals surface area contributed by atoms with Gasteiger partial charge < -0.3 is 15.2 Å². The van der Waals surface area contributed by atoms with E-state index >= 15 is 0 Å². The van der Waals surface area contributed by atoms with Crippen molar-refractivity contribution in [2.24, 2.45) is 0 Å². The average molecular weight is 260 g/mol. The maximum atomic E-state index is 11.5. The van der Waals surface area contributed by atoms with Crippen molar-refractivity contribution in [3.8, 4) is 22.9 Å². The monoisotopic (exact) mass is 260 g/mol. The Morgan fingerprint density at radius 3 is 2.32 bits per heavy atom. The third-order valence-corrected chi connectivity index (χ3v) is 2.57. The molecule has 2 aromatic heterocycles. The molecule has 8 heteroatoms. The number of H-pyrrole nitrogens is 3. The van der Waals surface area contributed by atoms with Crippen LogP contribution in [0.1, 0.15) is 0 Å². The van der Waals surface area contributed by atoms with E-state index in [0.29, 0.717) is 5.56 Å². The molecule has 19 heavy (non-hydrogen) atoms. The van der Waals surface area contributed by atoms with Crippen molar-refractivity contribution in [1.29, 1.82) is 0 Å². The second-order valence-electron chi connectivity index (χ2n) is 3.96. The van der Waals surface area contributed by atoms with Crippen LogP contribution in [-0.4, -0.2) is 30.1 Å². The average Bonchev–Trinajstić information content (AvgIpc) is 2.71. The molecule has 0 aliphatic carbocycles. The lowest BCUT2D eigenvalue weighted by Gasteiger charge is -1.99. The lowest BCUT2D eigenvalue weighted by Crippen LogP contribution is -2.21. The van der Waals surface area contributed by atoms with E-state index in [-0.39, 0.29) is 28.5 Å². The molecule has 0 saturated carbocycles. The van der Waals surface area contributed by atoms with E-state index in [1.54, 1.807) is 0 Å². The van der Waals surface area contributed by atoms with Crippen LogP contribution < -0.4 is 11.2 Å². The number of hydrogen-bond acceptors (Lipinski definition) is 5. The summed E-state index contributed by atoms with van der Waals surface area (Å²) in [4.78, 5) is 33.8. The van der Waals surface area contributed by atoms with Crippen molar-refractivity contribution in [1.82, 2.24) is 19.9 Å². The van der Waals surface area contributed by atoms with E-state index in [0.717, 1.165) is 0 Å². The lowest BCUT2D eigenvalue weighted by molar-refractivity contribution is 0.451. The van der Waals surface area contributed by atoms with Gasteiger partial charge in [-0.3, -0.25) is 14.8 Å². The first kappa shape index (κ1) is 11.1. The Bertz CT molecular complexity index is 869. The molecule has 3 aromatic rings. The highest BCUT2D eigenvalue weighted by Gasteiger charge is 2.10. The highest BCUT2D eigenvalue weighted by Crippen LogP contribution is 2.27. The van der Waals surface area contributed by atoms with E-state index < -0.39 is 11.2 Å². The van der Waals surface area contributed by atoms with Gasteiger partial charge in [0.2, 0.25) is 0 Å². The first-order valence-corrected chi connectivity index (χ1v) is 5.28. The number of phenols is 2. The zero-order valence-electron chi connectivity index (χ0n) is 9.39. The van der Waals surface area contributed by atoms with Gasteiger partial charge in [0.25, 0.3) is 5.56 Å². The van der Waals surface area contributed by atoms with Crippen LogP contribution in [0.4, 0.5) is 0 Å². The normalized spacial score (nSPS) is 10.9. The Labute approximate surface area is 104 Å². The van der Waals surface area contributed by atoms with Crippen LogP contribution in [0.2, 0.25) is 0 Å². The molecule has 0 spiro atoms. The zero-order chi connectivity index (χ0) is 13.6. The number of hydrogen-bond donors (Lipinski definition) is 5. The number of nitrogens with zero attached hydrogens (tertiary/aromatic N) is 1. The molecule has 0 fully saturated rings. The van der Waals surface area contributed by atoms with E-state index in [4.69, 9.17) is 0 Å². The van der Waals surface area contributed by atoms with Crippen molar-refractivity contribution < 1.29 is 10.2 Å². The smallest absolute Gasteiger partial charge is 0.327 e. The molecule has 0 bridgehead atoms. The quantitative estimate of drug-likeness (QED) is 0.420. The number of aromatic hydroxyl groups is 2. The van der Waals surface area contributed by atoms with E-state index in [1.165, 1.54) is 18.2 Å². The Morgan fingerprint density at radius 2 is 1.63 bits per heavy atom. The van der Waals surface area contributed by atoms with Gasteiger partial charge in [0.15, 0.2) is 5.65 Å². The number of phenolic OH excluding ortho intramolecular Hbond substituents is 2. The van der Waals surface area contributed by atoms with Crippen molar-refractivity contribution >= 4 is 11.2 Å².